The summed E-state index contributed by atoms with van der Waals surface area (Å²) in [5.74, 6) is -0.968. The highest BCUT2D eigenvalue weighted by Crippen LogP contribution is 2.27. The molecule has 178 valence electrons. The number of methoxy groups -OCH3 is 1. The number of rotatable bonds is 9. The minimum absolute atomic E-state index is 0.0341. The van der Waals surface area contributed by atoms with Crippen molar-refractivity contribution >= 4 is 62.1 Å². The maximum absolute atomic E-state index is 12.5. The van der Waals surface area contributed by atoms with Gasteiger partial charge in [-0.15, -0.1) is 0 Å². The van der Waals surface area contributed by atoms with Crippen molar-refractivity contribution in [2.75, 3.05) is 24.8 Å². The molecule has 0 saturated heterocycles. The average Bonchev–Trinajstić information content (AvgIpc) is 3.29. The number of oxazole rings is 1. The molecule has 0 aliphatic heterocycles. The molecule has 0 radical (unpaired) electrons. The predicted octanol–water partition coefficient (Wildman–Crippen LogP) is 5.37. The van der Waals surface area contributed by atoms with Gasteiger partial charge in [0.2, 0.25) is 5.91 Å². The Kier molecular flexibility index (Phi) is 7.84. The van der Waals surface area contributed by atoms with Crippen molar-refractivity contribution in [1.29, 1.82) is 0 Å². The molecular formula is C25H19BrN2O6S. The average molecular weight is 555 g/mol. The van der Waals surface area contributed by atoms with Crippen LogP contribution in [0.1, 0.15) is 20.7 Å². The molecule has 1 aromatic heterocycles. The Labute approximate surface area is 213 Å². The number of aromatic nitrogens is 1. The van der Waals surface area contributed by atoms with Crippen molar-refractivity contribution in [2.45, 2.75) is 5.22 Å². The number of benzene rings is 3. The second-order valence-electron chi connectivity index (χ2n) is 7.21. The molecule has 0 aliphatic rings. The fourth-order valence-electron chi connectivity index (χ4n) is 3.09. The molecule has 8 nitrogen and oxygen atoms in total. The van der Waals surface area contributed by atoms with Crippen LogP contribution in [0.4, 0.5) is 5.69 Å². The molecule has 0 saturated carbocycles. The molecule has 0 unspecified atom stereocenters. The first-order valence-corrected chi connectivity index (χ1v) is 12.1. The van der Waals surface area contributed by atoms with Crippen LogP contribution >= 0.6 is 27.7 Å². The summed E-state index contributed by atoms with van der Waals surface area (Å²) in [4.78, 5) is 41.6. The van der Waals surface area contributed by atoms with E-state index in [9.17, 15) is 14.4 Å². The van der Waals surface area contributed by atoms with Crippen LogP contribution in [0.3, 0.4) is 0 Å². The van der Waals surface area contributed by atoms with Gasteiger partial charge in [-0.3, -0.25) is 9.59 Å². The number of anilines is 1. The summed E-state index contributed by atoms with van der Waals surface area (Å²) in [5.41, 5.74) is 2.24. The van der Waals surface area contributed by atoms with Crippen LogP contribution in [0.25, 0.3) is 11.1 Å². The number of nitrogens with zero attached hydrogens (tertiary/aromatic N) is 1. The third-order valence-electron chi connectivity index (χ3n) is 4.81. The van der Waals surface area contributed by atoms with Gasteiger partial charge in [-0.25, -0.2) is 9.78 Å². The summed E-state index contributed by atoms with van der Waals surface area (Å²) in [7, 11) is 1.45. The molecule has 1 N–H and O–H groups in total. The van der Waals surface area contributed by atoms with E-state index in [0.29, 0.717) is 33.3 Å². The Bertz CT molecular complexity index is 1350. The van der Waals surface area contributed by atoms with Crippen molar-refractivity contribution < 1.29 is 28.3 Å². The molecule has 0 spiro atoms. The first-order valence-electron chi connectivity index (χ1n) is 10.3. The first-order chi connectivity index (χ1) is 16.9. The van der Waals surface area contributed by atoms with Gasteiger partial charge in [0.1, 0.15) is 11.3 Å². The van der Waals surface area contributed by atoms with E-state index in [4.69, 9.17) is 13.9 Å². The Morgan fingerprint density at radius 3 is 2.51 bits per heavy atom. The zero-order valence-electron chi connectivity index (χ0n) is 18.4. The third kappa shape index (κ3) is 6.28. The molecule has 4 aromatic rings. The standard InChI is InChI=1S/C25H19BrN2O6S/c1-32-21-11-8-16(24(31)33-13-20(29)15-6-9-17(26)10-7-15)12-19(21)27-23(30)14-35-25-28-18-4-2-3-5-22(18)34-25/h2-12H,13-14H2,1H3,(H,27,30). The molecule has 1 heterocycles. The number of para-hydroxylation sites is 2. The van der Waals surface area contributed by atoms with Crippen molar-refractivity contribution in [3.63, 3.8) is 0 Å². The molecule has 0 aliphatic carbocycles. The zero-order chi connectivity index (χ0) is 24.8. The Hall–Kier alpha value is -3.63. The number of ether oxygens (including phenoxy) is 2. The first kappa shape index (κ1) is 24.5. The minimum atomic E-state index is -0.700. The minimum Gasteiger partial charge on any atom is -0.495 e. The predicted molar refractivity (Wildman–Crippen MR) is 135 cm³/mol. The number of hydrogen-bond acceptors (Lipinski definition) is 8. The monoisotopic (exact) mass is 554 g/mol. The number of halogens is 1. The SMILES string of the molecule is COc1ccc(C(=O)OCC(=O)c2ccc(Br)cc2)cc1NC(=O)CSc1nc2ccccc2o1. The van der Waals surface area contributed by atoms with Crippen LogP contribution in [0, 0.1) is 0 Å². The number of ketones is 1. The lowest BCUT2D eigenvalue weighted by molar-refractivity contribution is -0.113. The lowest BCUT2D eigenvalue weighted by Gasteiger charge is -2.12. The van der Waals surface area contributed by atoms with Crippen molar-refractivity contribution in [2.24, 2.45) is 0 Å². The van der Waals surface area contributed by atoms with Gasteiger partial charge in [0, 0.05) is 10.0 Å². The summed E-state index contributed by atoms with van der Waals surface area (Å²) >= 11 is 4.45. The third-order valence-corrected chi connectivity index (χ3v) is 6.17. The highest BCUT2D eigenvalue weighted by atomic mass is 79.9. The fraction of sp³-hybridized carbons (Fsp3) is 0.120. The van der Waals surface area contributed by atoms with E-state index in [2.05, 4.69) is 26.2 Å². The Morgan fingerprint density at radius 2 is 1.77 bits per heavy atom. The summed E-state index contributed by atoms with van der Waals surface area (Å²) in [6.45, 7) is -0.407. The number of carbonyl (C=O) groups excluding carboxylic acids is 3. The van der Waals surface area contributed by atoms with Crippen LogP contribution in [-0.2, 0) is 9.53 Å². The zero-order valence-corrected chi connectivity index (χ0v) is 20.9. The van der Waals surface area contributed by atoms with Gasteiger partial charge in [-0.2, -0.15) is 0 Å². The number of nitrogens with one attached hydrogen (secondary N) is 1. The van der Waals surface area contributed by atoms with E-state index >= 15 is 0 Å². The number of thioether (sulfide) groups is 1. The molecule has 0 atom stereocenters. The molecule has 1 amide bonds. The van der Waals surface area contributed by atoms with Crippen LogP contribution in [0.5, 0.6) is 5.75 Å². The number of Topliss-reactive ketones (excluding diaryl/α,β-unsaturated/α-hetero) is 1. The molecular weight excluding hydrogens is 536 g/mol. The highest BCUT2D eigenvalue weighted by molar-refractivity contribution is 9.10. The van der Waals surface area contributed by atoms with E-state index in [1.54, 1.807) is 30.3 Å². The fourth-order valence-corrected chi connectivity index (χ4v) is 4.00. The largest absolute Gasteiger partial charge is 0.495 e. The van der Waals surface area contributed by atoms with Gasteiger partial charge in [0.05, 0.1) is 24.1 Å². The Balaban J connectivity index is 1.37. The quantitative estimate of drug-likeness (QED) is 0.167. The summed E-state index contributed by atoms with van der Waals surface area (Å²) < 4.78 is 16.9. The lowest BCUT2D eigenvalue weighted by Crippen LogP contribution is -2.17. The van der Waals surface area contributed by atoms with Gasteiger partial charge in [0.15, 0.2) is 18.0 Å². The van der Waals surface area contributed by atoms with Crippen LogP contribution in [0.15, 0.2) is 80.8 Å². The number of fused-ring (bicyclic) bond motifs is 1. The number of hydrogen-bond donors (Lipinski definition) is 1. The second kappa shape index (κ2) is 11.2. The molecule has 35 heavy (non-hydrogen) atoms. The van der Waals surface area contributed by atoms with Crippen molar-refractivity contribution in [1.82, 2.24) is 4.98 Å². The molecule has 4 rings (SSSR count). The van der Waals surface area contributed by atoms with Crippen LogP contribution in [-0.4, -0.2) is 42.1 Å². The van der Waals surface area contributed by atoms with E-state index in [1.165, 1.54) is 25.3 Å². The summed E-state index contributed by atoms with van der Waals surface area (Å²) in [6.07, 6.45) is 0. The molecule has 10 heteroatoms. The van der Waals surface area contributed by atoms with E-state index in [1.807, 2.05) is 18.2 Å². The molecule has 3 aromatic carbocycles. The topological polar surface area (TPSA) is 108 Å². The van der Waals surface area contributed by atoms with E-state index < -0.39 is 12.6 Å². The number of amides is 1. The second-order valence-corrected chi connectivity index (χ2v) is 9.05. The maximum atomic E-state index is 12.5. The lowest BCUT2D eigenvalue weighted by atomic mass is 10.1. The number of esters is 1. The van der Waals surface area contributed by atoms with Gasteiger partial charge in [-0.05, 0) is 42.5 Å². The van der Waals surface area contributed by atoms with E-state index in [0.717, 1.165) is 16.2 Å². The summed E-state index contributed by atoms with van der Waals surface area (Å²) in [5, 5.41) is 3.10. The Morgan fingerprint density at radius 1 is 1.03 bits per heavy atom. The smallest absolute Gasteiger partial charge is 0.338 e. The van der Waals surface area contributed by atoms with Gasteiger partial charge in [0.25, 0.3) is 5.22 Å². The van der Waals surface area contributed by atoms with Crippen molar-refractivity contribution in [3.8, 4) is 5.75 Å². The van der Waals surface area contributed by atoms with Crippen LogP contribution < -0.4 is 10.1 Å². The summed E-state index contributed by atoms with van der Waals surface area (Å²) in [6, 6.07) is 18.5. The maximum Gasteiger partial charge on any atom is 0.338 e. The van der Waals surface area contributed by atoms with Gasteiger partial charge >= 0.3 is 5.97 Å². The van der Waals surface area contributed by atoms with Gasteiger partial charge in [-0.1, -0.05) is 52.0 Å². The molecule has 0 bridgehead atoms. The van der Waals surface area contributed by atoms with Crippen molar-refractivity contribution in [3.05, 3.63) is 82.3 Å². The molecule has 0 fully saturated rings. The highest BCUT2D eigenvalue weighted by Gasteiger charge is 2.16. The van der Waals surface area contributed by atoms with Gasteiger partial charge < -0.3 is 19.2 Å². The normalized spacial score (nSPS) is 10.7. The van der Waals surface area contributed by atoms with E-state index in [-0.39, 0.29) is 23.0 Å². The van der Waals surface area contributed by atoms with Crippen LogP contribution in [0.2, 0.25) is 0 Å². The number of carbonyl (C=O) groups is 3.